The van der Waals surface area contributed by atoms with Gasteiger partial charge >= 0.3 is 0 Å². The molecule has 3 aromatic rings. The van der Waals surface area contributed by atoms with Crippen LogP contribution in [-0.2, 0) is 11.2 Å². The van der Waals surface area contributed by atoms with Gasteiger partial charge in [0.2, 0.25) is 0 Å². The molecule has 7 nitrogen and oxygen atoms in total. The van der Waals surface area contributed by atoms with Gasteiger partial charge in [0.25, 0.3) is 5.91 Å². The maximum atomic E-state index is 13.1. The Hall–Kier alpha value is -3.52. The number of carbonyl (C=O) groups excluding carboxylic acids is 1. The number of rotatable bonds is 7. The first kappa shape index (κ1) is 20.7. The van der Waals surface area contributed by atoms with Gasteiger partial charge in [-0.2, -0.15) is 0 Å². The highest BCUT2D eigenvalue weighted by atomic mass is 19.1. The van der Waals surface area contributed by atoms with Crippen LogP contribution in [0.15, 0.2) is 61.1 Å². The van der Waals surface area contributed by atoms with E-state index in [0.29, 0.717) is 31.1 Å². The standard InChI is InChI=1S/C23H24FN5O2/c24-18-3-1-17(2-4-18)7-10-26-22-15-19(29-11-13-31-14-12-29)5-6-20(22)28-23(30)21-8-9-25-16-27-21/h1-6,8-9,15-16,26H,7,10-14H2,(H,28,30). The normalized spacial score (nSPS) is 13.6. The summed E-state index contributed by atoms with van der Waals surface area (Å²) in [5, 5.41) is 6.34. The number of aromatic nitrogens is 2. The van der Waals surface area contributed by atoms with Crippen LogP contribution in [0.4, 0.5) is 21.5 Å². The van der Waals surface area contributed by atoms with E-state index in [4.69, 9.17) is 4.74 Å². The van der Waals surface area contributed by atoms with Crippen molar-refractivity contribution in [2.24, 2.45) is 0 Å². The fraction of sp³-hybridized carbons (Fsp3) is 0.261. The number of carbonyl (C=O) groups is 1. The zero-order chi connectivity index (χ0) is 21.5. The van der Waals surface area contributed by atoms with Crippen molar-refractivity contribution < 1.29 is 13.9 Å². The largest absolute Gasteiger partial charge is 0.383 e. The smallest absolute Gasteiger partial charge is 0.274 e. The fourth-order valence-corrected chi connectivity index (χ4v) is 3.41. The zero-order valence-electron chi connectivity index (χ0n) is 17.1. The Balaban J connectivity index is 1.51. The lowest BCUT2D eigenvalue weighted by Crippen LogP contribution is -2.36. The van der Waals surface area contributed by atoms with Gasteiger partial charge in [-0.1, -0.05) is 12.1 Å². The van der Waals surface area contributed by atoms with Crippen molar-refractivity contribution in [3.63, 3.8) is 0 Å². The summed E-state index contributed by atoms with van der Waals surface area (Å²) >= 11 is 0. The molecule has 2 aromatic carbocycles. The number of hydrogen-bond acceptors (Lipinski definition) is 6. The number of hydrogen-bond donors (Lipinski definition) is 2. The van der Waals surface area contributed by atoms with Gasteiger partial charge < -0.3 is 20.3 Å². The number of amides is 1. The van der Waals surface area contributed by atoms with Crippen LogP contribution >= 0.6 is 0 Å². The minimum absolute atomic E-state index is 0.246. The molecule has 2 heterocycles. The summed E-state index contributed by atoms with van der Waals surface area (Å²) in [7, 11) is 0. The summed E-state index contributed by atoms with van der Waals surface area (Å²) in [5.74, 6) is -0.548. The lowest BCUT2D eigenvalue weighted by atomic mass is 10.1. The predicted molar refractivity (Wildman–Crippen MR) is 118 cm³/mol. The van der Waals surface area contributed by atoms with E-state index in [2.05, 4.69) is 25.5 Å². The van der Waals surface area contributed by atoms with Crippen molar-refractivity contribution in [3.05, 3.63) is 78.1 Å². The van der Waals surface area contributed by atoms with Gasteiger partial charge in [0, 0.05) is 31.5 Å². The van der Waals surface area contributed by atoms with Crippen LogP contribution in [0.3, 0.4) is 0 Å². The first-order valence-electron chi connectivity index (χ1n) is 10.2. The summed E-state index contributed by atoms with van der Waals surface area (Å²) in [6.45, 7) is 3.66. The topological polar surface area (TPSA) is 79.4 Å². The van der Waals surface area contributed by atoms with E-state index in [9.17, 15) is 9.18 Å². The Kier molecular flexibility index (Phi) is 6.68. The second-order valence-corrected chi connectivity index (χ2v) is 7.18. The molecule has 4 rings (SSSR count). The van der Waals surface area contributed by atoms with Crippen LogP contribution in [0.1, 0.15) is 16.1 Å². The first-order chi connectivity index (χ1) is 15.2. The van der Waals surface area contributed by atoms with E-state index in [1.807, 2.05) is 18.2 Å². The molecular weight excluding hydrogens is 397 g/mol. The first-order valence-corrected chi connectivity index (χ1v) is 10.2. The number of benzene rings is 2. The van der Waals surface area contributed by atoms with Crippen LogP contribution in [0.25, 0.3) is 0 Å². The summed E-state index contributed by atoms with van der Waals surface area (Å²) < 4.78 is 18.6. The number of nitrogens with zero attached hydrogens (tertiary/aromatic N) is 3. The van der Waals surface area contributed by atoms with E-state index in [1.54, 1.807) is 18.2 Å². The van der Waals surface area contributed by atoms with Crippen molar-refractivity contribution in [2.75, 3.05) is 48.4 Å². The molecule has 8 heteroatoms. The summed E-state index contributed by atoms with van der Waals surface area (Å²) in [4.78, 5) is 22.7. The van der Waals surface area contributed by atoms with Gasteiger partial charge in [0.05, 0.1) is 24.6 Å². The van der Waals surface area contributed by atoms with Crippen LogP contribution in [0, 0.1) is 5.82 Å². The van der Waals surface area contributed by atoms with Crippen molar-refractivity contribution in [2.45, 2.75) is 6.42 Å². The molecule has 0 unspecified atom stereocenters. The van der Waals surface area contributed by atoms with Crippen LogP contribution < -0.4 is 15.5 Å². The number of nitrogens with one attached hydrogen (secondary N) is 2. The lowest BCUT2D eigenvalue weighted by molar-refractivity contribution is 0.102. The highest BCUT2D eigenvalue weighted by Crippen LogP contribution is 2.29. The van der Waals surface area contributed by atoms with E-state index in [-0.39, 0.29) is 11.7 Å². The highest BCUT2D eigenvalue weighted by molar-refractivity contribution is 6.04. The molecule has 0 atom stereocenters. The molecule has 1 aliphatic heterocycles. The maximum absolute atomic E-state index is 13.1. The molecule has 160 valence electrons. The second kappa shape index (κ2) is 9.99. The average Bonchev–Trinajstić information content (AvgIpc) is 2.82. The lowest BCUT2D eigenvalue weighted by Gasteiger charge is -2.29. The van der Waals surface area contributed by atoms with Gasteiger partial charge in [0.15, 0.2) is 0 Å². The molecule has 0 bridgehead atoms. The van der Waals surface area contributed by atoms with Crippen molar-refractivity contribution >= 4 is 23.0 Å². The molecule has 31 heavy (non-hydrogen) atoms. The van der Waals surface area contributed by atoms with Crippen LogP contribution in [-0.4, -0.2) is 48.7 Å². The Morgan fingerprint density at radius 1 is 1.06 bits per heavy atom. The van der Waals surface area contributed by atoms with Gasteiger partial charge in [-0.3, -0.25) is 4.79 Å². The molecule has 2 N–H and O–H groups in total. The van der Waals surface area contributed by atoms with Gasteiger partial charge in [0.1, 0.15) is 17.8 Å². The molecule has 0 aliphatic carbocycles. The number of morpholine rings is 1. The fourth-order valence-electron chi connectivity index (χ4n) is 3.41. The number of anilines is 3. The third kappa shape index (κ3) is 5.55. The zero-order valence-corrected chi connectivity index (χ0v) is 17.1. The molecule has 1 fully saturated rings. The van der Waals surface area contributed by atoms with Crippen LogP contribution in [0.5, 0.6) is 0 Å². The van der Waals surface area contributed by atoms with E-state index >= 15 is 0 Å². The Labute approximate surface area is 180 Å². The predicted octanol–water partition coefficient (Wildman–Crippen LogP) is 3.36. The minimum atomic E-state index is -0.303. The summed E-state index contributed by atoms with van der Waals surface area (Å²) in [6.07, 6.45) is 3.60. The molecule has 1 saturated heterocycles. The molecule has 1 amide bonds. The third-order valence-electron chi connectivity index (χ3n) is 5.08. The highest BCUT2D eigenvalue weighted by Gasteiger charge is 2.15. The summed E-state index contributed by atoms with van der Waals surface area (Å²) in [5.41, 5.74) is 3.87. The van der Waals surface area contributed by atoms with E-state index < -0.39 is 0 Å². The van der Waals surface area contributed by atoms with E-state index in [0.717, 1.165) is 36.4 Å². The second-order valence-electron chi connectivity index (χ2n) is 7.18. The average molecular weight is 421 g/mol. The molecule has 0 saturated carbocycles. The SMILES string of the molecule is O=C(Nc1ccc(N2CCOCC2)cc1NCCc1ccc(F)cc1)c1ccncn1. The molecule has 0 radical (unpaired) electrons. The third-order valence-corrected chi connectivity index (χ3v) is 5.08. The quantitative estimate of drug-likeness (QED) is 0.609. The maximum Gasteiger partial charge on any atom is 0.274 e. The van der Waals surface area contributed by atoms with Crippen molar-refractivity contribution in [1.29, 1.82) is 0 Å². The van der Waals surface area contributed by atoms with Gasteiger partial charge in [-0.05, 0) is 48.4 Å². The Bertz CT molecular complexity index is 1010. The minimum Gasteiger partial charge on any atom is -0.383 e. The molecule has 0 spiro atoms. The Morgan fingerprint density at radius 2 is 1.87 bits per heavy atom. The van der Waals surface area contributed by atoms with E-state index in [1.165, 1.54) is 24.7 Å². The monoisotopic (exact) mass is 421 g/mol. The molecule has 1 aromatic heterocycles. The van der Waals surface area contributed by atoms with Crippen LogP contribution in [0.2, 0.25) is 0 Å². The van der Waals surface area contributed by atoms with Gasteiger partial charge in [-0.25, -0.2) is 14.4 Å². The number of ether oxygens (including phenoxy) is 1. The number of halogens is 1. The summed E-state index contributed by atoms with van der Waals surface area (Å²) in [6, 6.07) is 14.0. The molecule has 1 aliphatic rings. The Morgan fingerprint density at radius 3 is 2.61 bits per heavy atom. The molecular formula is C23H24FN5O2. The van der Waals surface area contributed by atoms with Gasteiger partial charge in [-0.15, -0.1) is 0 Å². The van der Waals surface area contributed by atoms with Crippen molar-refractivity contribution in [3.8, 4) is 0 Å². The van der Waals surface area contributed by atoms with Crippen molar-refractivity contribution in [1.82, 2.24) is 9.97 Å².